The van der Waals surface area contributed by atoms with E-state index < -0.39 is 29.7 Å². The van der Waals surface area contributed by atoms with E-state index in [2.05, 4.69) is 42.6 Å². The number of nitrogens with one attached hydrogen (secondary N) is 4. The number of hydrogen-bond donors (Lipinski definition) is 4. The maximum Gasteiger partial charge on any atom is 0.262 e. The van der Waals surface area contributed by atoms with Crippen LogP contribution in [0.3, 0.4) is 0 Å². The molecule has 296 valence electrons. The lowest BCUT2D eigenvalue weighted by Crippen LogP contribution is -2.54. The third-order valence-corrected chi connectivity index (χ3v) is 12.1. The van der Waals surface area contributed by atoms with Crippen molar-refractivity contribution in [2.24, 2.45) is 0 Å². The van der Waals surface area contributed by atoms with E-state index in [4.69, 9.17) is 4.98 Å². The molecule has 2 aliphatic heterocycles. The summed E-state index contributed by atoms with van der Waals surface area (Å²) in [6.07, 6.45) is 9.98. The van der Waals surface area contributed by atoms with E-state index in [1.807, 2.05) is 25.2 Å². The van der Waals surface area contributed by atoms with E-state index in [1.54, 1.807) is 46.3 Å². The molecule has 0 radical (unpaired) electrons. The number of carbonyl (C=O) groups is 5. The van der Waals surface area contributed by atoms with E-state index in [0.29, 0.717) is 24.2 Å². The number of imide groups is 2. The highest BCUT2D eigenvalue weighted by Gasteiger charge is 2.44. The smallest absolute Gasteiger partial charge is 0.262 e. The van der Waals surface area contributed by atoms with Crippen LogP contribution in [0.5, 0.6) is 0 Å². The highest BCUT2D eigenvalue weighted by atomic mass is 32.1. The van der Waals surface area contributed by atoms with Crippen molar-refractivity contribution in [3.8, 4) is 28.0 Å². The van der Waals surface area contributed by atoms with Crippen LogP contribution in [0.25, 0.3) is 27.5 Å². The van der Waals surface area contributed by atoms with Crippen molar-refractivity contribution in [2.75, 3.05) is 24.2 Å². The van der Waals surface area contributed by atoms with Crippen LogP contribution in [0, 0.1) is 11.3 Å². The van der Waals surface area contributed by atoms with E-state index in [1.165, 1.54) is 6.20 Å². The number of pyridine rings is 1. The zero-order valence-corrected chi connectivity index (χ0v) is 32.6. The molecule has 0 spiro atoms. The molecule has 6 heterocycles. The second kappa shape index (κ2) is 16.5. The maximum atomic E-state index is 13.1. The van der Waals surface area contributed by atoms with Crippen molar-refractivity contribution in [3.63, 3.8) is 0 Å². The van der Waals surface area contributed by atoms with Gasteiger partial charge in [0.25, 0.3) is 11.8 Å². The number of nitriles is 1. The first-order chi connectivity index (χ1) is 28.2. The van der Waals surface area contributed by atoms with Crippen molar-refractivity contribution in [1.29, 1.82) is 5.26 Å². The predicted octanol–water partition coefficient (Wildman–Crippen LogP) is 5.04. The number of fused-ring (bicyclic) bond motifs is 2. The van der Waals surface area contributed by atoms with Gasteiger partial charge in [-0.2, -0.15) is 10.4 Å². The topological polar surface area (TPSA) is 216 Å². The molecule has 2 fully saturated rings. The number of benzene rings is 1. The van der Waals surface area contributed by atoms with Crippen LogP contribution in [0.4, 0.5) is 11.4 Å². The van der Waals surface area contributed by atoms with Crippen LogP contribution in [0.2, 0.25) is 0 Å². The summed E-state index contributed by atoms with van der Waals surface area (Å²) in [4.78, 5) is 68.4. The number of anilines is 2. The first kappa shape index (κ1) is 38.3. The molecule has 1 aliphatic carbocycles. The summed E-state index contributed by atoms with van der Waals surface area (Å²) < 4.78 is 1.77. The van der Waals surface area contributed by atoms with Gasteiger partial charge in [0.05, 0.1) is 45.4 Å². The fourth-order valence-corrected chi connectivity index (χ4v) is 8.96. The van der Waals surface area contributed by atoms with Gasteiger partial charge in [-0.3, -0.25) is 39.2 Å². The number of carbonyl (C=O) groups excluding carboxylic acids is 5. The van der Waals surface area contributed by atoms with Gasteiger partial charge in [0.2, 0.25) is 17.7 Å². The van der Waals surface area contributed by atoms with Crippen molar-refractivity contribution in [1.82, 2.24) is 40.3 Å². The zero-order chi connectivity index (χ0) is 40.3. The normalized spacial score (nSPS) is 19.2. The Labute approximate surface area is 337 Å². The third-order valence-electron chi connectivity index (χ3n) is 11.0. The fraction of sp³-hybridized carbons (Fsp3) is 0.366. The first-order valence-electron chi connectivity index (χ1n) is 19.5. The van der Waals surface area contributed by atoms with Crippen LogP contribution in [0.15, 0.2) is 54.9 Å². The lowest BCUT2D eigenvalue weighted by Gasteiger charge is -2.27. The molecule has 3 aliphatic rings. The molecule has 17 heteroatoms. The molecule has 5 amide bonds. The van der Waals surface area contributed by atoms with Crippen molar-refractivity contribution < 1.29 is 24.0 Å². The number of aromatic nitrogens is 5. The molecule has 0 bridgehead atoms. The number of piperidine rings is 1. The van der Waals surface area contributed by atoms with Gasteiger partial charge in [0.1, 0.15) is 17.1 Å². The first-order valence-corrected chi connectivity index (χ1v) is 20.3. The average Bonchev–Trinajstić information content (AvgIpc) is 3.96. The van der Waals surface area contributed by atoms with Crippen LogP contribution in [-0.4, -0.2) is 84.9 Å². The Bertz CT molecular complexity index is 2480. The molecule has 1 aromatic carbocycles. The molecule has 16 nitrogen and oxygen atoms in total. The molecular formula is C41H41N11O5S. The summed E-state index contributed by atoms with van der Waals surface area (Å²) in [5.74, 6) is -1.77. The van der Waals surface area contributed by atoms with Gasteiger partial charge < -0.3 is 16.0 Å². The third kappa shape index (κ3) is 7.75. The van der Waals surface area contributed by atoms with Gasteiger partial charge in [-0.15, -0.1) is 10.2 Å². The summed E-state index contributed by atoms with van der Waals surface area (Å²) in [7, 11) is 1.86. The summed E-state index contributed by atoms with van der Waals surface area (Å²) in [6, 6.07) is 13.8. The minimum Gasteiger partial charge on any atom is -0.387 e. The second-order valence-corrected chi connectivity index (χ2v) is 15.8. The molecule has 4 aromatic heterocycles. The van der Waals surface area contributed by atoms with Gasteiger partial charge >= 0.3 is 0 Å². The monoisotopic (exact) mass is 799 g/mol. The van der Waals surface area contributed by atoms with Crippen molar-refractivity contribution in [3.05, 3.63) is 76.6 Å². The van der Waals surface area contributed by atoms with Gasteiger partial charge in [-0.25, -0.2) is 4.52 Å². The molecule has 8 rings (SSSR count). The number of unbranched alkanes of at least 4 members (excludes halogenated alkanes) is 2. The van der Waals surface area contributed by atoms with Gasteiger partial charge in [-0.05, 0) is 87.4 Å². The highest BCUT2D eigenvalue weighted by molar-refractivity contribution is 7.14. The standard InChI is InChI=1S/C41H41N11O5S/c1-43-31-19-32(33-13-11-27-17-23(20-42)21-46-52(27)33)45-22-30(31)39-50-49-38(58-39)24-6-8-25(9-7-24)47-35(53)5-3-2-4-16-44-26-10-12-28-29(18-26)41(57)51(40(28)56)34-14-15-36(54)48-37(34)55/h10-13,17-19,21-22,24-25,34,44H,2-9,14-16H2,1H3,(H,43,45)(H,47,53)(H,48,54,55)/t24-,25-,34?. The Morgan fingerprint density at radius 2 is 1.76 bits per heavy atom. The molecule has 4 N–H and O–H groups in total. The van der Waals surface area contributed by atoms with Gasteiger partial charge in [0.15, 0.2) is 5.01 Å². The quantitative estimate of drug-likeness (QED) is 0.0910. The van der Waals surface area contributed by atoms with Gasteiger partial charge in [-0.1, -0.05) is 17.8 Å². The van der Waals surface area contributed by atoms with Crippen LogP contribution < -0.4 is 21.3 Å². The predicted molar refractivity (Wildman–Crippen MR) is 215 cm³/mol. The lowest BCUT2D eigenvalue weighted by atomic mass is 9.86. The average molecular weight is 800 g/mol. The van der Waals surface area contributed by atoms with Crippen molar-refractivity contribution >= 4 is 57.8 Å². The molecular weight excluding hydrogens is 759 g/mol. The Balaban J connectivity index is 0.758. The number of rotatable bonds is 13. The Morgan fingerprint density at radius 3 is 2.55 bits per heavy atom. The molecule has 1 saturated carbocycles. The van der Waals surface area contributed by atoms with Gasteiger partial charge in [0, 0.05) is 56.0 Å². The molecule has 1 atom stereocenters. The van der Waals surface area contributed by atoms with Crippen LogP contribution in [0.1, 0.15) is 101 Å². The zero-order valence-electron chi connectivity index (χ0n) is 31.8. The fourth-order valence-electron chi connectivity index (χ4n) is 7.92. The van der Waals surface area contributed by atoms with Crippen LogP contribution >= 0.6 is 11.3 Å². The minimum absolute atomic E-state index is 0.0587. The van der Waals surface area contributed by atoms with E-state index in [-0.39, 0.29) is 41.8 Å². The highest BCUT2D eigenvalue weighted by Crippen LogP contribution is 2.39. The number of amides is 5. The maximum absolute atomic E-state index is 13.1. The lowest BCUT2D eigenvalue weighted by molar-refractivity contribution is -0.136. The van der Waals surface area contributed by atoms with E-state index >= 15 is 0 Å². The largest absolute Gasteiger partial charge is 0.387 e. The summed E-state index contributed by atoms with van der Waals surface area (Å²) in [5, 5.41) is 36.5. The molecule has 1 unspecified atom stereocenters. The molecule has 5 aromatic rings. The Morgan fingerprint density at radius 1 is 0.931 bits per heavy atom. The van der Waals surface area contributed by atoms with Crippen molar-refractivity contribution in [2.45, 2.75) is 82.2 Å². The summed E-state index contributed by atoms with van der Waals surface area (Å²) in [6.45, 7) is 0.628. The Kier molecular flexibility index (Phi) is 10.9. The molecule has 1 saturated heterocycles. The molecule has 58 heavy (non-hydrogen) atoms. The number of nitrogens with zero attached hydrogens (tertiary/aromatic N) is 7. The van der Waals surface area contributed by atoms with E-state index in [9.17, 15) is 29.2 Å². The van der Waals surface area contributed by atoms with Crippen LogP contribution in [-0.2, 0) is 14.4 Å². The number of hydrogen-bond acceptors (Lipinski definition) is 13. The second-order valence-electron chi connectivity index (χ2n) is 14.8. The van der Waals surface area contributed by atoms with E-state index in [0.717, 1.165) is 88.0 Å². The Hall–Kier alpha value is -6.54. The SMILES string of the molecule is CNc1cc(-c2ccc3cc(C#N)cnn23)ncc1-c1nnc([C@H]2CC[C@H](NC(=O)CCCCCNc3ccc4c(c3)C(=O)N(C3CCC(=O)NC3=O)C4=O)CC2)s1. The summed E-state index contributed by atoms with van der Waals surface area (Å²) >= 11 is 1.58. The minimum atomic E-state index is -0.995. The summed E-state index contributed by atoms with van der Waals surface area (Å²) in [5.41, 5.74) is 5.77.